The first-order valence-corrected chi connectivity index (χ1v) is 5.56. The number of nitrogens with two attached hydrogens (primary N) is 2. The normalized spacial score (nSPS) is 9.89. The first-order chi connectivity index (χ1) is 8.52. The fourth-order valence-corrected chi connectivity index (χ4v) is 1.38. The molecule has 6 nitrogen and oxygen atoms in total. The van der Waals surface area contributed by atoms with Crippen molar-refractivity contribution in [2.24, 2.45) is 11.5 Å². The first kappa shape index (κ1) is 14.0. The van der Waals surface area contributed by atoms with E-state index in [0.717, 1.165) is 5.56 Å². The van der Waals surface area contributed by atoms with Crippen molar-refractivity contribution in [1.29, 1.82) is 0 Å². The molecular formula is C12H17N3O3. The Kier molecular flexibility index (Phi) is 5.13. The van der Waals surface area contributed by atoms with Crippen LogP contribution in [0.2, 0.25) is 0 Å². The largest absolute Gasteiger partial charge is 0.377 e. The zero-order valence-corrected chi connectivity index (χ0v) is 10.3. The Labute approximate surface area is 105 Å². The van der Waals surface area contributed by atoms with Gasteiger partial charge in [-0.2, -0.15) is 5.06 Å². The molecule has 18 heavy (non-hydrogen) atoms. The standard InChI is InChI=1S/C12H17N3O3/c1-9(16)15(7-6-13)18-11-4-2-10(3-5-11)8-12(14)17/h2-5H,6-8,13H2,1H3,(H2,14,17). The number of primary amides is 1. The molecule has 0 spiro atoms. The van der Waals surface area contributed by atoms with E-state index in [1.807, 2.05) is 0 Å². The zero-order chi connectivity index (χ0) is 13.5. The summed E-state index contributed by atoms with van der Waals surface area (Å²) in [5.74, 6) is -0.106. The molecule has 6 heteroatoms. The first-order valence-electron chi connectivity index (χ1n) is 5.56. The Morgan fingerprint density at radius 1 is 1.28 bits per heavy atom. The summed E-state index contributed by atoms with van der Waals surface area (Å²) in [4.78, 5) is 27.3. The predicted octanol–water partition coefficient (Wildman–Crippen LogP) is -0.185. The van der Waals surface area contributed by atoms with Crippen LogP contribution < -0.4 is 16.3 Å². The van der Waals surface area contributed by atoms with E-state index in [-0.39, 0.29) is 12.3 Å². The number of amides is 2. The van der Waals surface area contributed by atoms with Gasteiger partial charge in [-0.3, -0.25) is 9.59 Å². The molecule has 4 N–H and O–H groups in total. The van der Waals surface area contributed by atoms with Crippen molar-refractivity contribution in [3.05, 3.63) is 29.8 Å². The van der Waals surface area contributed by atoms with Gasteiger partial charge >= 0.3 is 0 Å². The maximum absolute atomic E-state index is 11.2. The molecule has 0 fully saturated rings. The lowest BCUT2D eigenvalue weighted by molar-refractivity contribution is -0.154. The summed E-state index contributed by atoms with van der Waals surface area (Å²) in [7, 11) is 0. The van der Waals surface area contributed by atoms with Crippen molar-refractivity contribution in [1.82, 2.24) is 5.06 Å². The van der Waals surface area contributed by atoms with E-state index in [4.69, 9.17) is 16.3 Å². The monoisotopic (exact) mass is 251 g/mol. The smallest absolute Gasteiger partial charge is 0.252 e. The highest BCUT2D eigenvalue weighted by molar-refractivity contribution is 5.76. The van der Waals surface area contributed by atoms with Gasteiger partial charge in [0.15, 0.2) is 5.75 Å². The fraction of sp³-hybridized carbons (Fsp3) is 0.333. The summed E-state index contributed by atoms with van der Waals surface area (Å²) >= 11 is 0. The summed E-state index contributed by atoms with van der Waals surface area (Å²) in [6.45, 7) is 2.04. The second-order valence-corrected chi connectivity index (χ2v) is 3.79. The number of nitrogens with zero attached hydrogens (tertiary/aromatic N) is 1. The second-order valence-electron chi connectivity index (χ2n) is 3.79. The van der Waals surface area contributed by atoms with E-state index in [0.29, 0.717) is 18.8 Å². The van der Waals surface area contributed by atoms with Gasteiger partial charge in [0.1, 0.15) is 0 Å². The lowest BCUT2D eigenvalue weighted by atomic mass is 10.1. The van der Waals surface area contributed by atoms with Gasteiger partial charge in [-0.15, -0.1) is 0 Å². The van der Waals surface area contributed by atoms with E-state index in [1.54, 1.807) is 24.3 Å². The molecule has 0 aliphatic heterocycles. The minimum Gasteiger partial charge on any atom is -0.377 e. The maximum Gasteiger partial charge on any atom is 0.252 e. The van der Waals surface area contributed by atoms with Crippen LogP contribution in [-0.2, 0) is 16.0 Å². The summed E-state index contributed by atoms with van der Waals surface area (Å²) in [5, 5.41) is 1.18. The molecule has 0 aliphatic rings. The highest BCUT2D eigenvalue weighted by Crippen LogP contribution is 2.14. The molecule has 0 unspecified atom stereocenters. The average molecular weight is 251 g/mol. The van der Waals surface area contributed by atoms with Crippen LogP contribution in [0.3, 0.4) is 0 Å². The van der Waals surface area contributed by atoms with Crippen LogP contribution in [0.25, 0.3) is 0 Å². The third kappa shape index (κ3) is 4.42. The van der Waals surface area contributed by atoms with Crippen LogP contribution >= 0.6 is 0 Å². The Bertz CT molecular complexity index is 417. The molecule has 0 bridgehead atoms. The highest BCUT2D eigenvalue weighted by Gasteiger charge is 2.09. The molecule has 0 atom stereocenters. The molecule has 0 aliphatic carbocycles. The average Bonchev–Trinajstić information content (AvgIpc) is 2.30. The van der Waals surface area contributed by atoms with Crippen LogP contribution in [0, 0.1) is 0 Å². The quantitative estimate of drug-likeness (QED) is 0.685. The van der Waals surface area contributed by atoms with Crippen molar-refractivity contribution < 1.29 is 14.4 Å². The van der Waals surface area contributed by atoms with Gasteiger partial charge in [0.2, 0.25) is 5.91 Å². The van der Waals surface area contributed by atoms with E-state index < -0.39 is 5.91 Å². The van der Waals surface area contributed by atoms with Crippen molar-refractivity contribution in [3.63, 3.8) is 0 Å². The molecule has 0 aromatic heterocycles. The van der Waals surface area contributed by atoms with Crippen molar-refractivity contribution in [2.45, 2.75) is 13.3 Å². The van der Waals surface area contributed by atoms with Gasteiger partial charge in [-0.25, -0.2) is 0 Å². The molecule has 0 saturated carbocycles. The van der Waals surface area contributed by atoms with Crippen LogP contribution in [-0.4, -0.2) is 30.0 Å². The van der Waals surface area contributed by atoms with Crippen LogP contribution in [0.1, 0.15) is 12.5 Å². The molecule has 1 rings (SSSR count). The Balaban J connectivity index is 2.67. The number of hydrogen-bond acceptors (Lipinski definition) is 4. The Hall–Kier alpha value is -2.08. The summed E-state index contributed by atoms with van der Waals surface area (Å²) in [5.41, 5.74) is 11.3. The van der Waals surface area contributed by atoms with Gasteiger partial charge < -0.3 is 16.3 Å². The minimum absolute atomic E-state index is 0.180. The summed E-state index contributed by atoms with van der Waals surface area (Å²) < 4.78 is 0. The van der Waals surface area contributed by atoms with E-state index in [9.17, 15) is 9.59 Å². The van der Waals surface area contributed by atoms with Gasteiger partial charge in [-0.1, -0.05) is 12.1 Å². The summed E-state index contributed by atoms with van der Waals surface area (Å²) in [6, 6.07) is 6.79. The number of hydrogen-bond donors (Lipinski definition) is 2. The zero-order valence-electron chi connectivity index (χ0n) is 10.3. The third-order valence-electron chi connectivity index (χ3n) is 2.20. The molecule has 0 radical (unpaired) electrons. The van der Waals surface area contributed by atoms with Gasteiger partial charge in [0.05, 0.1) is 13.0 Å². The second kappa shape index (κ2) is 6.61. The number of carbonyl (C=O) groups is 2. The Morgan fingerprint density at radius 2 is 1.89 bits per heavy atom. The maximum atomic E-state index is 11.2. The number of benzene rings is 1. The lowest BCUT2D eigenvalue weighted by Gasteiger charge is -2.20. The van der Waals surface area contributed by atoms with E-state index >= 15 is 0 Å². The third-order valence-corrected chi connectivity index (χ3v) is 2.20. The fourth-order valence-electron chi connectivity index (χ4n) is 1.38. The number of rotatable bonds is 6. The SMILES string of the molecule is CC(=O)N(CCN)Oc1ccc(CC(N)=O)cc1. The number of hydroxylamine groups is 2. The Morgan fingerprint density at radius 3 is 2.33 bits per heavy atom. The van der Waals surface area contributed by atoms with Crippen molar-refractivity contribution in [3.8, 4) is 5.75 Å². The highest BCUT2D eigenvalue weighted by atomic mass is 16.7. The molecule has 98 valence electrons. The van der Waals surface area contributed by atoms with E-state index in [1.165, 1.54) is 12.0 Å². The van der Waals surface area contributed by atoms with E-state index in [2.05, 4.69) is 0 Å². The molecule has 1 aromatic rings. The molecule has 0 saturated heterocycles. The molecule has 2 amide bonds. The van der Waals surface area contributed by atoms with Crippen LogP contribution in [0.5, 0.6) is 5.75 Å². The molecule has 1 aromatic carbocycles. The topological polar surface area (TPSA) is 98.7 Å². The number of carbonyl (C=O) groups excluding carboxylic acids is 2. The predicted molar refractivity (Wildman–Crippen MR) is 66.4 cm³/mol. The van der Waals surface area contributed by atoms with Gasteiger partial charge in [-0.05, 0) is 17.7 Å². The molecular weight excluding hydrogens is 234 g/mol. The van der Waals surface area contributed by atoms with Gasteiger partial charge in [0, 0.05) is 13.5 Å². The van der Waals surface area contributed by atoms with Crippen LogP contribution in [0.4, 0.5) is 0 Å². The minimum atomic E-state index is -0.392. The van der Waals surface area contributed by atoms with Crippen LogP contribution in [0.15, 0.2) is 24.3 Å². The lowest BCUT2D eigenvalue weighted by Crippen LogP contribution is -2.36. The van der Waals surface area contributed by atoms with Gasteiger partial charge in [0.25, 0.3) is 5.91 Å². The molecule has 0 heterocycles. The summed E-state index contributed by atoms with van der Waals surface area (Å²) in [6.07, 6.45) is 0.180. The van der Waals surface area contributed by atoms with Crippen molar-refractivity contribution in [2.75, 3.05) is 13.1 Å². The van der Waals surface area contributed by atoms with Crippen molar-refractivity contribution >= 4 is 11.8 Å².